The normalized spacial score (nSPS) is 22.8. The van der Waals surface area contributed by atoms with Crippen molar-refractivity contribution in [3.8, 4) is 5.75 Å². The summed E-state index contributed by atoms with van der Waals surface area (Å²) in [5, 5.41) is 3.56. The molecular weight excluding hydrogens is 258 g/mol. The fourth-order valence-corrected chi connectivity index (χ4v) is 3.43. The first kappa shape index (κ1) is 16.4. The van der Waals surface area contributed by atoms with Gasteiger partial charge < -0.3 is 10.1 Å². The summed E-state index contributed by atoms with van der Waals surface area (Å²) in [5.74, 6) is 2.51. The Balaban J connectivity index is 2.04. The number of hydrogen-bond donors (Lipinski definition) is 1. The number of hydrogen-bond acceptors (Lipinski definition) is 2. The molecule has 0 heterocycles. The van der Waals surface area contributed by atoms with E-state index in [2.05, 4.69) is 43.4 Å². The van der Waals surface area contributed by atoms with Gasteiger partial charge in [0.05, 0.1) is 6.61 Å². The molecule has 0 aromatic heterocycles. The summed E-state index contributed by atoms with van der Waals surface area (Å²) in [4.78, 5) is 0. The van der Waals surface area contributed by atoms with Crippen molar-refractivity contribution in [3.05, 3.63) is 29.8 Å². The fraction of sp³-hybridized carbons (Fsp3) is 0.684. The molecule has 1 fully saturated rings. The highest BCUT2D eigenvalue weighted by Gasteiger charge is 2.24. The zero-order chi connectivity index (χ0) is 14.9. The zero-order valence-corrected chi connectivity index (χ0v) is 13.7. The topological polar surface area (TPSA) is 21.3 Å². The first-order chi connectivity index (χ1) is 10.3. The molecule has 21 heavy (non-hydrogen) atoms. The maximum absolute atomic E-state index is 5.70. The van der Waals surface area contributed by atoms with E-state index in [1.54, 1.807) is 0 Å². The van der Waals surface area contributed by atoms with Crippen molar-refractivity contribution >= 4 is 0 Å². The molecule has 1 aliphatic carbocycles. The van der Waals surface area contributed by atoms with E-state index in [0.29, 0.717) is 5.92 Å². The van der Waals surface area contributed by atoms with Crippen molar-refractivity contribution < 1.29 is 4.74 Å². The van der Waals surface area contributed by atoms with E-state index < -0.39 is 0 Å². The lowest BCUT2D eigenvalue weighted by molar-refractivity contribution is 0.317. The first-order valence-corrected chi connectivity index (χ1v) is 8.78. The molecule has 2 unspecified atom stereocenters. The van der Waals surface area contributed by atoms with Crippen LogP contribution < -0.4 is 10.1 Å². The van der Waals surface area contributed by atoms with Gasteiger partial charge in [-0.05, 0) is 61.9 Å². The van der Waals surface area contributed by atoms with Crippen LogP contribution in [-0.2, 0) is 0 Å². The molecule has 0 bridgehead atoms. The summed E-state index contributed by atoms with van der Waals surface area (Å²) in [6.07, 6.45) is 7.94. The Morgan fingerprint density at radius 1 is 1.05 bits per heavy atom. The maximum Gasteiger partial charge on any atom is 0.119 e. The predicted molar refractivity (Wildman–Crippen MR) is 90.1 cm³/mol. The van der Waals surface area contributed by atoms with E-state index in [0.717, 1.165) is 37.8 Å². The van der Waals surface area contributed by atoms with Gasteiger partial charge >= 0.3 is 0 Å². The van der Waals surface area contributed by atoms with Gasteiger partial charge in [0, 0.05) is 0 Å². The van der Waals surface area contributed by atoms with Gasteiger partial charge in [-0.15, -0.1) is 0 Å². The summed E-state index contributed by atoms with van der Waals surface area (Å²) < 4.78 is 5.70. The Labute approximate surface area is 130 Å². The smallest absolute Gasteiger partial charge is 0.119 e. The second kappa shape index (κ2) is 9.09. The van der Waals surface area contributed by atoms with E-state index in [1.807, 2.05) is 0 Å². The Bertz CT molecular complexity index is 387. The first-order valence-electron chi connectivity index (χ1n) is 8.78. The van der Waals surface area contributed by atoms with Gasteiger partial charge in [-0.3, -0.25) is 0 Å². The van der Waals surface area contributed by atoms with Crippen molar-refractivity contribution in [3.63, 3.8) is 0 Å². The van der Waals surface area contributed by atoms with Crippen LogP contribution in [0.25, 0.3) is 0 Å². The molecule has 1 aliphatic rings. The van der Waals surface area contributed by atoms with Crippen molar-refractivity contribution in [1.82, 2.24) is 5.32 Å². The van der Waals surface area contributed by atoms with Gasteiger partial charge in [0.2, 0.25) is 0 Å². The van der Waals surface area contributed by atoms with Crippen molar-refractivity contribution in [2.45, 2.75) is 58.3 Å². The minimum atomic E-state index is 0.715. The average Bonchev–Trinajstić information content (AvgIpc) is 2.77. The van der Waals surface area contributed by atoms with Crippen molar-refractivity contribution in [2.24, 2.45) is 5.92 Å². The van der Waals surface area contributed by atoms with Gasteiger partial charge in [-0.2, -0.15) is 0 Å². The minimum absolute atomic E-state index is 0.715. The van der Waals surface area contributed by atoms with Crippen LogP contribution in [-0.4, -0.2) is 19.7 Å². The third-order valence-corrected chi connectivity index (χ3v) is 4.60. The van der Waals surface area contributed by atoms with E-state index >= 15 is 0 Å². The van der Waals surface area contributed by atoms with Crippen LogP contribution in [0, 0.1) is 5.92 Å². The molecule has 2 nitrogen and oxygen atoms in total. The summed E-state index contributed by atoms with van der Waals surface area (Å²) in [5.41, 5.74) is 1.50. The predicted octanol–water partition coefficient (Wildman–Crippen LogP) is 4.75. The summed E-state index contributed by atoms with van der Waals surface area (Å²) >= 11 is 0. The number of nitrogens with one attached hydrogen (secondary N) is 1. The van der Waals surface area contributed by atoms with Crippen molar-refractivity contribution in [1.29, 1.82) is 0 Å². The lowest BCUT2D eigenvalue weighted by atomic mass is 9.82. The fourth-order valence-electron chi connectivity index (χ4n) is 3.43. The highest BCUT2D eigenvalue weighted by Crippen LogP contribution is 2.36. The lowest BCUT2D eigenvalue weighted by Crippen LogP contribution is -2.26. The molecule has 0 saturated heterocycles. The summed E-state index contributed by atoms with van der Waals surface area (Å²) in [6, 6.07) is 8.89. The Kier molecular flexibility index (Phi) is 7.08. The van der Waals surface area contributed by atoms with Crippen LogP contribution in [0.15, 0.2) is 24.3 Å². The SMILES string of the molecule is CCCOc1ccc(C2CCCCCC2CNCC)cc1. The third kappa shape index (κ3) is 5.03. The molecule has 118 valence electrons. The van der Waals surface area contributed by atoms with Crippen LogP contribution >= 0.6 is 0 Å². The molecule has 1 aromatic rings. The standard InChI is InChI=1S/C19H31NO/c1-3-14-21-18-12-10-16(11-13-18)19-9-7-5-6-8-17(19)15-20-4-2/h10-13,17,19-20H,3-9,14-15H2,1-2H3. The van der Waals surface area contributed by atoms with Crippen molar-refractivity contribution in [2.75, 3.05) is 19.7 Å². The van der Waals surface area contributed by atoms with E-state index in [-0.39, 0.29) is 0 Å². The molecule has 2 atom stereocenters. The van der Waals surface area contributed by atoms with Gasteiger partial charge in [0.1, 0.15) is 5.75 Å². The van der Waals surface area contributed by atoms with E-state index in [4.69, 9.17) is 4.74 Å². The molecule has 1 aromatic carbocycles. The minimum Gasteiger partial charge on any atom is -0.494 e. The second-order valence-electron chi connectivity index (χ2n) is 6.23. The van der Waals surface area contributed by atoms with Gasteiger partial charge in [0.25, 0.3) is 0 Å². The molecule has 0 radical (unpaired) electrons. The molecule has 0 spiro atoms. The van der Waals surface area contributed by atoms with Gasteiger partial charge in [-0.25, -0.2) is 0 Å². The molecule has 2 heteroatoms. The molecule has 2 rings (SSSR count). The highest BCUT2D eigenvalue weighted by molar-refractivity contribution is 5.30. The Hall–Kier alpha value is -1.02. The third-order valence-electron chi connectivity index (χ3n) is 4.60. The Morgan fingerprint density at radius 2 is 1.81 bits per heavy atom. The average molecular weight is 289 g/mol. The maximum atomic E-state index is 5.70. The number of benzene rings is 1. The molecule has 1 saturated carbocycles. The second-order valence-corrected chi connectivity index (χ2v) is 6.23. The van der Waals surface area contributed by atoms with Crippen LogP contribution in [0.5, 0.6) is 5.75 Å². The largest absolute Gasteiger partial charge is 0.494 e. The quantitative estimate of drug-likeness (QED) is 0.731. The van der Waals surface area contributed by atoms with Crippen LogP contribution in [0.3, 0.4) is 0 Å². The number of ether oxygens (including phenoxy) is 1. The van der Waals surface area contributed by atoms with E-state index in [9.17, 15) is 0 Å². The van der Waals surface area contributed by atoms with Crippen LogP contribution in [0.4, 0.5) is 0 Å². The molecule has 0 amide bonds. The van der Waals surface area contributed by atoms with Gasteiger partial charge in [0.15, 0.2) is 0 Å². The highest BCUT2D eigenvalue weighted by atomic mass is 16.5. The monoisotopic (exact) mass is 289 g/mol. The molecule has 1 N–H and O–H groups in total. The molecular formula is C19H31NO. The van der Waals surface area contributed by atoms with Gasteiger partial charge in [-0.1, -0.05) is 45.2 Å². The van der Waals surface area contributed by atoms with Crippen LogP contribution in [0.2, 0.25) is 0 Å². The summed E-state index contributed by atoms with van der Waals surface area (Å²) in [7, 11) is 0. The van der Waals surface area contributed by atoms with E-state index in [1.165, 1.54) is 37.7 Å². The summed E-state index contributed by atoms with van der Waals surface area (Å²) in [6.45, 7) is 7.39. The number of rotatable bonds is 7. The lowest BCUT2D eigenvalue weighted by Gasteiger charge is -2.26. The zero-order valence-electron chi connectivity index (χ0n) is 13.7. The molecule has 0 aliphatic heterocycles. The van der Waals surface area contributed by atoms with Crippen LogP contribution in [0.1, 0.15) is 63.9 Å². The Morgan fingerprint density at radius 3 is 2.52 bits per heavy atom.